The molecule has 4 rings (SSSR count). The molecule has 6 heteroatoms. The third kappa shape index (κ3) is 6.27. The fourth-order valence-electron chi connectivity index (χ4n) is 3.99. The van der Waals surface area contributed by atoms with Gasteiger partial charge in [-0.3, -0.25) is 14.7 Å². The Balaban J connectivity index is 1.20. The zero-order valence-electron chi connectivity index (χ0n) is 17.3. The number of halogens is 2. The largest absolute Gasteiger partial charge is 0.301 e. The maximum absolute atomic E-state index is 12.4. The van der Waals surface area contributed by atoms with E-state index in [1.807, 2.05) is 6.20 Å². The summed E-state index contributed by atoms with van der Waals surface area (Å²) < 4.78 is 0. The van der Waals surface area contributed by atoms with E-state index in [1.165, 1.54) is 32.5 Å². The topological polar surface area (TPSA) is 36.4 Å². The van der Waals surface area contributed by atoms with Crippen molar-refractivity contribution < 1.29 is 4.79 Å². The lowest BCUT2D eigenvalue weighted by Gasteiger charge is -2.34. The molecule has 1 saturated heterocycles. The van der Waals surface area contributed by atoms with Gasteiger partial charge in [0, 0.05) is 68.4 Å². The molecule has 1 aliphatic heterocycles. The van der Waals surface area contributed by atoms with E-state index in [4.69, 9.17) is 23.2 Å². The lowest BCUT2D eigenvalue weighted by molar-refractivity contribution is -0.118. The van der Waals surface area contributed by atoms with Crippen LogP contribution in [0.3, 0.4) is 0 Å². The van der Waals surface area contributed by atoms with Crippen molar-refractivity contribution in [1.82, 2.24) is 14.8 Å². The van der Waals surface area contributed by atoms with Crippen LogP contribution in [-0.2, 0) is 24.2 Å². The molecular formula is C24H29Cl2N3O. The number of aromatic nitrogens is 1. The molecule has 1 saturated carbocycles. The van der Waals surface area contributed by atoms with Crippen LogP contribution in [0.4, 0.5) is 0 Å². The van der Waals surface area contributed by atoms with Gasteiger partial charge in [-0.25, -0.2) is 0 Å². The molecule has 0 N–H and O–H groups in total. The molecule has 1 aromatic heterocycles. The van der Waals surface area contributed by atoms with Gasteiger partial charge in [-0.1, -0.05) is 35.3 Å². The first-order valence-electron chi connectivity index (χ1n) is 10.9. The number of hydrogen-bond acceptors (Lipinski definition) is 4. The number of nitrogens with zero attached hydrogens (tertiary/aromatic N) is 3. The van der Waals surface area contributed by atoms with Gasteiger partial charge in [-0.05, 0) is 54.5 Å². The molecule has 0 unspecified atom stereocenters. The maximum atomic E-state index is 12.4. The van der Waals surface area contributed by atoms with Crippen LogP contribution in [0.1, 0.15) is 36.1 Å². The molecule has 30 heavy (non-hydrogen) atoms. The lowest BCUT2D eigenvalue weighted by atomic mass is 10.0. The van der Waals surface area contributed by atoms with Crippen LogP contribution in [0, 0.1) is 5.92 Å². The van der Waals surface area contributed by atoms with Crippen LogP contribution < -0.4 is 0 Å². The Hall–Kier alpha value is -1.46. The van der Waals surface area contributed by atoms with E-state index in [0.29, 0.717) is 22.9 Å². The van der Waals surface area contributed by atoms with Gasteiger partial charge in [0.05, 0.1) is 5.69 Å². The van der Waals surface area contributed by atoms with E-state index >= 15 is 0 Å². The Kier molecular flexibility index (Phi) is 7.42. The molecule has 0 bridgehead atoms. The molecule has 4 nitrogen and oxygen atoms in total. The molecule has 0 spiro atoms. The quantitative estimate of drug-likeness (QED) is 0.562. The first-order valence-corrected chi connectivity index (χ1v) is 11.7. The summed E-state index contributed by atoms with van der Waals surface area (Å²) in [5.74, 6) is 1.11. The van der Waals surface area contributed by atoms with Crippen LogP contribution in [0.15, 0.2) is 36.5 Å². The summed E-state index contributed by atoms with van der Waals surface area (Å²) in [4.78, 5) is 22.1. The van der Waals surface area contributed by atoms with E-state index in [0.717, 1.165) is 42.4 Å². The van der Waals surface area contributed by atoms with Crippen molar-refractivity contribution >= 4 is 29.0 Å². The number of hydrogen-bond donors (Lipinski definition) is 0. The number of carbonyl (C=O) groups excluding carboxylic acids is 1. The van der Waals surface area contributed by atoms with Crippen molar-refractivity contribution in [3.05, 3.63) is 63.4 Å². The van der Waals surface area contributed by atoms with Crippen LogP contribution in [0.2, 0.25) is 10.0 Å². The third-order valence-corrected chi connectivity index (χ3v) is 6.79. The molecule has 2 heterocycles. The standard InChI is InChI=1S/C24H29Cl2N3O/c25-23-2-1-3-24(26)22(23)14-21(30)9-7-18-6-8-20(27-15-18)17-29-12-10-28(11-13-29)16-19-4-5-19/h1-3,6,8,15,19H,4-5,7,9-14,16-17H2. The van der Waals surface area contributed by atoms with Gasteiger partial charge >= 0.3 is 0 Å². The highest BCUT2D eigenvalue weighted by Gasteiger charge is 2.26. The van der Waals surface area contributed by atoms with E-state index < -0.39 is 0 Å². The average Bonchev–Trinajstić information content (AvgIpc) is 3.56. The van der Waals surface area contributed by atoms with Crippen LogP contribution in [0.25, 0.3) is 0 Å². The van der Waals surface area contributed by atoms with Gasteiger partial charge < -0.3 is 4.90 Å². The van der Waals surface area contributed by atoms with Crippen molar-refractivity contribution in [2.45, 2.75) is 38.6 Å². The number of ketones is 1. The zero-order chi connectivity index (χ0) is 20.9. The predicted octanol–water partition coefficient (Wildman–Crippen LogP) is 4.66. The summed E-state index contributed by atoms with van der Waals surface area (Å²) in [6.07, 6.45) is 6.19. The van der Waals surface area contributed by atoms with Crippen molar-refractivity contribution in [2.24, 2.45) is 5.92 Å². The normalized spacial score (nSPS) is 17.9. The predicted molar refractivity (Wildman–Crippen MR) is 122 cm³/mol. The summed E-state index contributed by atoms with van der Waals surface area (Å²) in [5.41, 5.74) is 2.91. The summed E-state index contributed by atoms with van der Waals surface area (Å²) in [6.45, 7) is 6.78. The zero-order valence-corrected chi connectivity index (χ0v) is 18.8. The SMILES string of the molecule is O=C(CCc1ccc(CN2CCN(CC3CC3)CC2)nc1)Cc1c(Cl)cccc1Cl. The molecule has 0 radical (unpaired) electrons. The van der Waals surface area contributed by atoms with Crippen molar-refractivity contribution in [3.63, 3.8) is 0 Å². The first-order chi connectivity index (χ1) is 14.6. The van der Waals surface area contributed by atoms with Crippen LogP contribution in [-0.4, -0.2) is 53.3 Å². The van der Waals surface area contributed by atoms with Crippen molar-refractivity contribution in [1.29, 1.82) is 0 Å². The molecule has 0 atom stereocenters. The summed E-state index contributed by atoms with van der Waals surface area (Å²) >= 11 is 12.3. The number of pyridine rings is 1. The summed E-state index contributed by atoms with van der Waals surface area (Å²) in [7, 11) is 0. The van der Waals surface area contributed by atoms with Gasteiger partial charge in [0.1, 0.15) is 5.78 Å². The van der Waals surface area contributed by atoms with Gasteiger partial charge in [0.25, 0.3) is 0 Å². The minimum absolute atomic E-state index is 0.137. The first kappa shape index (κ1) is 21.8. The van der Waals surface area contributed by atoms with Gasteiger partial charge in [-0.15, -0.1) is 0 Å². The molecule has 1 aliphatic carbocycles. The van der Waals surface area contributed by atoms with Crippen molar-refractivity contribution in [3.8, 4) is 0 Å². The molecule has 2 aliphatic rings. The fraction of sp³-hybridized carbons (Fsp3) is 0.500. The number of aryl methyl sites for hydroxylation is 1. The molecule has 2 fully saturated rings. The molecule has 0 amide bonds. The van der Waals surface area contributed by atoms with Crippen LogP contribution >= 0.6 is 23.2 Å². The number of Topliss-reactive ketones (excluding diaryl/α,β-unsaturated/α-hetero) is 1. The number of carbonyl (C=O) groups is 1. The third-order valence-electron chi connectivity index (χ3n) is 6.08. The van der Waals surface area contributed by atoms with E-state index in [2.05, 4.69) is 26.9 Å². The van der Waals surface area contributed by atoms with Crippen LogP contribution in [0.5, 0.6) is 0 Å². The molecule has 160 valence electrons. The highest BCUT2D eigenvalue weighted by molar-refractivity contribution is 6.36. The van der Waals surface area contributed by atoms with Gasteiger partial charge in [0.15, 0.2) is 0 Å². The Labute approximate surface area is 189 Å². The Morgan fingerprint density at radius 2 is 1.70 bits per heavy atom. The van der Waals surface area contributed by atoms with Gasteiger partial charge in [-0.2, -0.15) is 0 Å². The van der Waals surface area contributed by atoms with E-state index in [1.54, 1.807) is 18.2 Å². The average molecular weight is 446 g/mol. The smallest absolute Gasteiger partial charge is 0.137 e. The van der Waals surface area contributed by atoms with Crippen molar-refractivity contribution in [2.75, 3.05) is 32.7 Å². The minimum atomic E-state index is 0.137. The fourth-order valence-corrected chi connectivity index (χ4v) is 4.52. The Bertz CT molecular complexity index is 839. The highest BCUT2D eigenvalue weighted by atomic mass is 35.5. The Morgan fingerprint density at radius 1 is 1.00 bits per heavy atom. The monoisotopic (exact) mass is 445 g/mol. The number of rotatable bonds is 9. The minimum Gasteiger partial charge on any atom is -0.301 e. The molecular weight excluding hydrogens is 417 g/mol. The number of piperazine rings is 1. The summed E-state index contributed by atoms with van der Waals surface area (Å²) in [5, 5.41) is 1.10. The van der Waals surface area contributed by atoms with Gasteiger partial charge in [0.2, 0.25) is 0 Å². The summed E-state index contributed by atoms with van der Waals surface area (Å²) in [6, 6.07) is 9.53. The second kappa shape index (κ2) is 10.2. The highest BCUT2D eigenvalue weighted by Crippen LogP contribution is 2.30. The molecule has 1 aromatic carbocycles. The Morgan fingerprint density at radius 3 is 2.33 bits per heavy atom. The second-order valence-corrected chi connectivity index (χ2v) is 9.41. The maximum Gasteiger partial charge on any atom is 0.137 e. The second-order valence-electron chi connectivity index (χ2n) is 8.59. The van der Waals surface area contributed by atoms with E-state index in [9.17, 15) is 4.79 Å². The number of benzene rings is 1. The molecule has 2 aromatic rings. The lowest BCUT2D eigenvalue weighted by Crippen LogP contribution is -2.46. The van der Waals surface area contributed by atoms with E-state index in [-0.39, 0.29) is 12.2 Å².